The highest BCUT2D eigenvalue weighted by Gasteiger charge is 2.00. The summed E-state index contributed by atoms with van der Waals surface area (Å²) in [5.41, 5.74) is 0. The Morgan fingerprint density at radius 3 is 1.57 bits per heavy atom. The van der Waals surface area contributed by atoms with Crippen LogP contribution in [0.1, 0.15) is 0 Å². The lowest BCUT2D eigenvalue weighted by atomic mass is 10.6. The zero-order valence-corrected chi connectivity index (χ0v) is 10.0. The van der Waals surface area contributed by atoms with Crippen LogP contribution in [-0.2, 0) is 70.5 Å². The van der Waals surface area contributed by atoms with E-state index in [9.17, 15) is 0 Å². The quantitative estimate of drug-likeness (QED) is 0.269. The van der Waals surface area contributed by atoms with Gasteiger partial charge in [0.25, 0.3) is 0 Å². The van der Waals surface area contributed by atoms with Crippen molar-refractivity contribution in [2.75, 3.05) is 0 Å². The topological polar surface area (TPSA) is 159 Å². The lowest BCUT2D eigenvalue weighted by Gasteiger charge is -1.99. The molecule has 0 amide bonds. The van der Waals surface area contributed by atoms with Gasteiger partial charge in [-0.15, -0.1) is 11.3 Å². The molecule has 1 N–H and O–H groups in total. The van der Waals surface area contributed by atoms with Crippen LogP contribution in [0, 0.1) is 0 Å². The Labute approximate surface area is 116 Å². The van der Waals surface area contributed by atoms with E-state index in [1.165, 1.54) is 11.3 Å². The fraction of sp³-hybridized carbons (Fsp3) is 0. The number of thiophene rings is 1. The maximum atomic E-state index is 7.52. The van der Waals surface area contributed by atoms with Gasteiger partial charge in [-0.2, -0.15) is 0 Å². The predicted molar refractivity (Wildman–Crippen MR) is 42.8 cm³/mol. The summed E-state index contributed by atoms with van der Waals surface area (Å²) in [6.45, 7) is 0. The van der Waals surface area contributed by atoms with Gasteiger partial charge >= 0.3 is 0 Å². The van der Waals surface area contributed by atoms with Crippen LogP contribution in [0.5, 0.6) is 5.75 Å². The summed E-state index contributed by atoms with van der Waals surface area (Å²) < 4.78 is 0. The third kappa shape index (κ3) is 11.3. The van der Waals surface area contributed by atoms with E-state index in [-0.39, 0.29) is 0 Å². The molecule has 0 fully saturated rings. The Balaban J connectivity index is 1.69. The molecule has 0 saturated heterocycles. The third-order valence-electron chi connectivity index (χ3n) is 0.989. The van der Waals surface area contributed by atoms with Crippen LogP contribution in [0.25, 0.3) is 0 Å². The van der Waals surface area contributed by atoms with E-state index in [2.05, 4.69) is 75.4 Å². The first-order chi connectivity index (χ1) is 10.4. The second-order valence-corrected chi connectivity index (χ2v) is 2.78. The fourth-order valence-electron chi connectivity index (χ4n) is 0.490. The molecular weight excluding hydrogens is 336 g/mol. The van der Waals surface area contributed by atoms with Crippen LogP contribution >= 0.6 is 11.3 Å². The number of rotatable bonds is 15. The molecule has 1 aromatic heterocycles. The second kappa shape index (κ2) is 13.9. The van der Waals surface area contributed by atoms with Crippen LogP contribution in [0.15, 0.2) is 16.8 Å². The molecule has 0 aliphatic rings. The molecule has 122 valence electrons. The van der Waals surface area contributed by atoms with Gasteiger partial charge in [-0.05, 0) is 46.7 Å². The Kier molecular flexibility index (Phi) is 11.9. The third-order valence-corrected chi connectivity index (χ3v) is 1.65. The standard InChI is InChI=1S/C4H4O16S/c5-7-9-11-13-15-17-19-20-18-16-14-12-10-8-6-4-1-2-21-3-4/h1-3,5H. The molecule has 0 aliphatic heterocycles. The first kappa shape index (κ1) is 18.0. The molecule has 0 aliphatic carbocycles. The maximum absolute atomic E-state index is 7.52. The highest BCUT2D eigenvalue weighted by Crippen LogP contribution is 2.14. The number of hydrogen-bond acceptors (Lipinski definition) is 17. The van der Waals surface area contributed by atoms with E-state index in [0.717, 1.165) is 0 Å². The van der Waals surface area contributed by atoms with Gasteiger partial charge in [0, 0.05) is 40.6 Å². The minimum atomic E-state index is 0.358. The summed E-state index contributed by atoms with van der Waals surface area (Å²) in [6.07, 6.45) is 0. The van der Waals surface area contributed by atoms with Gasteiger partial charge in [0.2, 0.25) is 0 Å². The lowest BCUT2D eigenvalue weighted by molar-refractivity contribution is -0.882. The van der Waals surface area contributed by atoms with Gasteiger partial charge in [-0.1, -0.05) is 0 Å². The van der Waals surface area contributed by atoms with E-state index >= 15 is 0 Å². The van der Waals surface area contributed by atoms with E-state index in [0.29, 0.717) is 5.75 Å². The highest BCUT2D eigenvalue weighted by molar-refractivity contribution is 7.08. The molecule has 1 rings (SSSR count). The van der Waals surface area contributed by atoms with Crippen molar-refractivity contribution >= 4 is 11.3 Å². The molecule has 0 aromatic carbocycles. The molecule has 16 nitrogen and oxygen atoms in total. The van der Waals surface area contributed by atoms with E-state index in [1.54, 1.807) is 16.8 Å². The summed E-state index contributed by atoms with van der Waals surface area (Å²) in [4.78, 5) is 4.48. The van der Waals surface area contributed by atoms with Gasteiger partial charge in [-0.3, -0.25) is 0 Å². The largest absolute Gasteiger partial charge is 0.305 e. The van der Waals surface area contributed by atoms with Crippen molar-refractivity contribution in [1.29, 1.82) is 0 Å². The van der Waals surface area contributed by atoms with Gasteiger partial charge < -0.3 is 4.89 Å². The Morgan fingerprint density at radius 2 is 1.14 bits per heavy atom. The van der Waals surface area contributed by atoms with Gasteiger partial charge in [-0.25, -0.2) is 5.26 Å². The van der Waals surface area contributed by atoms with Crippen LogP contribution in [0.3, 0.4) is 0 Å². The van der Waals surface area contributed by atoms with Crippen LogP contribution < -0.4 is 4.89 Å². The molecule has 17 heteroatoms. The van der Waals surface area contributed by atoms with E-state index in [1.807, 2.05) is 0 Å². The van der Waals surface area contributed by atoms with Crippen molar-refractivity contribution in [2.24, 2.45) is 0 Å². The Morgan fingerprint density at radius 1 is 0.667 bits per heavy atom. The predicted octanol–water partition coefficient (Wildman–Crippen LogP) is 0.642. The van der Waals surface area contributed by atoms with Gasteiger partial charge in [0.1, 0.15) is 0 Å². The Hall–Kier alpha value is -1.10. The van der Waals surface area contributed by atoms with Crippen LogP contribution in [0.4, 0.5) is 0 Å². The molecule has 0 bridgehead atoms. The van der Waals surface area contributed by atoms with Crippen LogP contribution in [0.2, 0.25) is 0 Å². The molecule has 0 atom stereocenters. The molecule has 21 heavy (non-hydrogen) atoms. The first-order valence-electron chi connectivity index (χ1n) is 4.10. The Bertz CT molecular complexity index is 303. The van der Waals surface area contributed by atoms with Crippen molar-refractivity contribution in [2.45, 2.75) is 0 Å². The minimum Gasteiger partial charge on any atom is -0.305 e. The zero-order valence-electron chi connectivity index (χ0n) is 9.21. The maximum Gasteiger partial charge on any atom is 0.179 e. The van der Waals surface area contributed by atoms with E-state index < -0.39 is 0 Å². The molecule has 0 unspecified atom stereocenters. The summed E-state index contributed by atoms with van der Waals surface area (Å²) in [5, 5.41) is 60.2. The molecular formula is C4H4O16S. The molecule has 1 heterocycles. The fourth-order valence-corrected chi connectivity index (χ4v) is 1.03. The second-order valence-electron chi connectivity index (χ2n) is 2.00. The zero-order chi connectivity index (χ0) is 15.0. The summed E-state index contributed by atoms with van der Waals surface area (Å²) in [7, 11) is 0. The van der Waals surface area contributed by atoms with Crippen molar-refractivity contribution in [3.8, 4) is 5.75 Å². The summed E-state index contributed by atoms with van der Waals surface area (Å²) in [6, 6.07) is 1.58. The average Bonchev–Trinajstić information content (AvgIpc) is 3.01. The molecule has 0 spiro atoms. The minimum absolute atomic E-state index is 0.358. The van der Waals surface area contributed by atoms with Crippen molar-refractivity contribution in [1.82, 2.24) is 0 Å². The monoisotopic (exact) mass is 340 g/mol. The van der Waals surface area contributed by atoms with E-state index in [4.69, 9.17) is 5.26 Å². The van der Waals surface area contributed by atoms with Crippen molar-refractivity contribution < 1.29 is 80.7 Å². The first-order valence-corrected chi connectivity index (χ1v) is 5.04. The summed E-state index contributed by atoms with van der Waals surface area (Å²) in [5.74, 6) is 0.358. The molecule has 1 aromatic rings. The average molecular weight is 340 g/mol. The summed E-state index contributed by atoms with van der Waals surface area (Å²) >= 11 is 1.36. The van der Waals surface area contributed by atoms with Crippen molar-refractivity contribution in [3.05, 3.63) is 16.8 Å². The smallest absolute Gasteiger partial charge is 0.179 e. The SMILES string of the molecule is OOOOOOOOOOOOOOOOc1ccsc1. The normalized spacial score (nSPS) is 10.9. The van der Waals surface area contributed by atoms with Crippen LogP contribution in [-0.4, -0.2) is 5.26 Å². The van der Waals surface area contributed by atoms with Crippen molar-refractivity contribution in [3.63, 3.8) is 0 Å². The lowest BCUT2D eigenvalue weighted by Crippen LogP contribution is -2.05. The van der Waals surface area contributed by atoms with Gasteiger partial charge in [0.05, 0.1) is 0 Å². The molecule has 0 radical (unpaired) electrons. The number of hydrogen-bond donors (Lipinski definition) is 1. The van der Waals surface area contributed by atoms with Gasteiger partial charge in [0.15, 0.2) is 5.75 Å². The molecule has 0 saturated carbocycles. The highest BCUT2D eigenvalue weighted by atomic mass is 32.1.